The van der Waals surface area contributed by atoms with Crippen LogP contribution in [0.1, 0.15) is 46.9 Å². The predicted octanol–water partition coefficient (Wildman–Crippen LogP) is 2.60. The van der Waals surface area contributed by atoms with Crippen LogP contribution in [0.3, 0.4) is 0 Å². The Balaban J connectivity index is 0.715. The fourth-order valence-corrected chi connectivity index (χ4v) is 10.6. The second kappa shape index (κ2) is 13.2. The zero-order valence-electron chi connectivity index (χ0n) is 31.4. The van der Waals surface area contributed by atoms with Crippen molar-refractivity contribution in [2.24, 2.45) is 23.2 Å². The summed E-state index contributed by atoms with van der Waals surface area (Å²) in [7, 11) is 0. The number of nitrogens with zero attached hydrogens (tertiary/aromatic N) is 7. The number of nitrogens with one attached hydrogen (secondary N) is 2. The van der Waals surface area contributed by atoms with Gasteiger partial charge in [0.25, 0.3) is 11.8 Å². The molecule has 2 unspecified atom stereocenters. The number of hydrogen-bond acceptors (Lipinski definition) is 12. The van der Waals surface area contributed by atoms with Crippen molar-refractivity contribution >= 4 is 40.8 Å². The fraction of sp³-hybridized carbons (Fsp3) is 0.512. The van der Waals surface area contributed by atoms with E-state index in [0.29, 0.717) is 47.8 Å². The normalized spacial score (nSPS) is 31.4. The summed E-state index contributed by atoms with van der Waals surface area (Å²) in [6, 6.07) is 13.6. The van der Waals surface area contributed by atoms with Crippen molar-refractivity contribution in [2.75, 3.05) is 80.6 Å². The molecule has 7 atom stereocenters. The van der Waals surface area contributed by atoms with Crippen molar-refractivity contribution in [1.82, 2.24) is 30.2 Å². The molecule has 4 amide bonds. The maximum atomic E-state index is 15.9. The van der Waals surface area contributed by atoms with Crippen molar-refractivity contribution in [3.05, 3.63) is 59.7 Å². The number of hydrogen-bond donors (Lipinski definition) is 3. The van der Waals surface area contributed by atoms with Crippen molar-refractivity contribution in [2.45, 2.75) is 44.4 Å². The molecule has 0 spiro atoms. The highest BCUT2D eigenvalue weighted by atomic mass is 19.1. The lowest BCUT2D eigenvalue weighted by Gasteiger charge is -2.46. The first-order chi connectivity index (χ1) is 27.1. The molecule has 0 radical (unpaired) electrons. The van der Waals surface area contributed by atoms with Gasteiger partial charge in [0.15, 0.2) is 5.82 Å². The fourth-order valence-electron chi connectivity index (χ4n) is 10.6. The third-order valence-electron chi connectivity index (χ3n) is 13.8. The molecule has 292 valence electrons. The zero-order valence-corrected chi connectivity index (χ0v) is 31.4. The Morgan fingerprint density at radius 1 is 0.893 bits per heavy atom. The first kappa shape index (κ1) is 35.3. The number of carbonyl (C=O) groups excluding carboxylic acids is 4. The molecule has 15 heteroatoms. The molecule has 6 aliphatic heterocycles. The number of rotatable bonds is 7. The van der Waals surface area contributed by atoms with Gasteiger partial charge in [0.2, 0.25) is 11.8 Å². The van der Waals surface area contributed by atoms with E-state index in [1.54, 1.807) is 30.3 Å². The molecule has 1 saturated carbocycles. The average Bonchev–Trinajstić information content (AvgIpc) is 3.41. The van der Waals surface area contributed by atoms with E-state index in [2.05, 4.69) is 42.5 Å². The van der Waals surface area contributed by atoms with Crippen LogP contribution in [-0.4, -0.2) is 137 Å². The van der Waals surface area contributed by atoms with Crippen molar-refractivity contribution in [3.8, 4) is 17.0 Å². The number of aromatic hydroxyl groups is 1. The number of phenolic OH excluding ortho intramolecular Hbond substituents is 1. The maximum Gasteiger partial charge on any atom is 0.262 e. The van der Waals surface area contributed by atoms with Gasteiger partial charge in [-0.25, -0.2) is 4.39 Å². The molecule has 2 aromatic carbocycles. The molecule has 56 heavy (non-hydrogen) atoms. The summed E-state index contributed by atoms with van der Waals surface area (Å²) in [5.74, 6) is 0.0133. The SMILES string of the molecule is CC12CN(C[C@H]3CCN(c4ccc5c(c4)C(=O)N(C4CCC(=O)NC4=O)C5=O)C[C@H]3F)C[C@H]1[C@@H]2CN1CCN2c3cc(-c4ccccc4O)nnc3NC[C@H]2C1. The monoisotopic (exact) mass is 763 g/mol. The highest BCUT2D eigenvalue weighted by Crippen LogP contribution is 2.63. The number of anilines is 3. The van der Waals surface area contributed by atoms with Crippen LogP contribution >= 0.6 is 0 Å². The summed E-state index contributed by atoms with van der Waals surface area (Å²) in [5, 5.41) is 25.0. The van der Waals surface area contributed by atoms with Gasteiger partial charge >= 0.3 is 0 Å². The van der Waals surface area contributed by atoms with Gasteiger partial charge in [-0.2, -0.15) is 0 Å². The van der Waals surface area contributed by atoms with Crippen molar-refractivity contribution in [3.63, 3.8) is 0 Å². The van der Waals surface area contributed by atoms with E-state index in [1.165, 1.54) is 0 Å². The van der Waals surface area contributed by atoms with Gasteiger partial charge in [-0.05, 0) is 66.5 Å². The van der Waals surface area contributed by atoms with Crippen LogP contribution in [0.25, 0.3) is 11.3 Å². The summed E-state index contributed by atoms with van der Waals surface area (Å²) in [6.45, 7) is 10.7. The summed E-state index contributed by atoms with van der Waals surface area (Å²) in [5.41, 5.74) is 3.75. The molecule has 1 aliphatic carbocycles. The van der Waals surface area contributed by atoms with E-state index < -0.39 is 35.8 Å². The molecular weight excluding hydrogens is 718 g/mol. The number of aromatic nitrogens is 2. The van der Waals surface area contributed by atoms with Gasteiger partial charge in [-0.1, -0.05) is 19.1 Å². The smallest absolute Gasteiger partial charge is 0.262 e. The second-order valence-electron chi connectivity index (χ2n) is 17.1. The van der Waals surface area contributed by atoms with Gasteiger partial charge in [-0.15, -0.1) is 10.2 Å². The average molecular weight is 764 g/mol. The van der Waals surface area contributed by atoms with Gasteiger partial charge in [-0.3, -0.25) is 34.3 Å². The summed E-state index contributed by atoms with van der Waals surface area (Å²) < 4.78 is 15.9. The third-order valence-corrected chi connectivity index (χ3v) is 13.8. The number of benzene rings is 2. The predicted molar refractivity (Wildman–Crippen MR) is 205 cm³/mol. The van der Waals surface area contributed by atoms with E-state index in [4.69, 9.17) is 0 Å². The van der Waals surface area contributed by atoms with E-state index in [1.807, 2.05) is 23.1 Å². The minimum Gasteiger partial charge on any atom is -0.507 e. The number of amides is 4. The first-order valence-corrected chi connectivity index (χ1v) is 19.9. The molecule has 4 saturated heterocycles. The lowest BCUT2D eigenvalue weighted by atomic mass is 9.93. The van der Waals surface area contributed by atoms with E-state index >= 15 is 4.39 Å². The number of phenols is 1. The molecular formula is C41H46FN9O5. The molecule has 3 aromatic rings. The molecule has 0 bridgehead atoms. The second-order valence-corrected chi connectivity index (χ2v) is 17.1. The lowest BCUT2D eigenvalue weighted by Crippen LogP contribution is -2.58. The Kier molecular flexibility index (Phi) is 8.33. The number of likely N-dealkylation sites (tertiary alicyclic amines) is 1. The van der Waals surface area contributed by atoms with Gasteiger partial charge in [0.05, 0.1) is 28.6 Å². The maximum absolute atomic E-state index is 15.9. The third kappa shape index (κ3) is 5.80. The summed E-state index contributed by atoms with van der Waals surface area (Å²) in [6.07, 6.45) is -0.169. The molecule has 3 N–H and O–H groups in total. The highest BCUT2D eigenvalue weighted by Gasteiger charge is 2.65. The van der Waals surface area contributed by atoms with Crippen LogP contribution in [0, 0.1) is 23.2 Å². The van der Waals surface area contributed by atoms with Crippen LogP contribution < -0.4 is 20.4 Å². The Morgan fingerprint density at radius 3 is 2.52 bits per heavy atom. The lowest BCUT2D eigenvalue weighted by molar-refractivity contribution is -0.136. The quantitative estimate of drug-likeness (QED) is 0.303. The Morgan fingerprint density at radius 2 is 1.73 bits per heavy atom. The Labute approximate surface area is 324 Å². The molecule has 14 nitrogen and oxygen atoms in total. The van der Waals surface area contributed by atoms with Crippen LogP contribution in [0.5, 0.6) is 5.75 Å². The van der Waals surface area contributed by atoms with Gasteiger partial charge in [0, 0.05) is 89.0 Å². The van der Waals surface area contributed by atoms with Crippen LogP contribution in [-0.2, 0) is 9.59 Å². The topological polar surface area (TPSA) is 155 Å². The number of piperidine rings is 3. The van der Waals surface area contributed by atoms with Crippen molar-refractivity contribution < 1.29 is 28.7 Å². The van der Waals surface area contributed by atoms with E-state index in [-0.39, 0.29) is 47.6 Å². The number of imide groups is 2. The minimum absolute atomic E-state index is 0.0641. The minimum atomic E-state index is -1.03. The molecule has 1 aromatic heterocycles. The standard InChI is InChI=1S/C41H46FN9O5/c1-41-22-48(17-23-10-11-49(21-31(23)42)24-6-7-26-28(14-24)40(56)51(39(26)55)33-8-9-36(53)44-38(33)54)20-30(41)29(41)19-47-12-13-50-25(18-47)16-43-37-34(50)15-32(45-46-37)27-4-2-3-5-35(27)52/h2-7,14-15,23,25,29-31,33,52H,8-13,16-22H2,1H3,(H,43,46)(H,44,53,54)/t23-,25+,29+,30+,31-,33?,41?/m1/s1. The van der Waals surface area contributed by atoms with E-state index in [9.17, 15) is 24.3 Å². The molecule has 7 aliphatic rings. The molecule has 5 fully saturated rings. The number of fused-ring (bicyclic) bond motifs is 5. The zero-order chi connectivity index (χ0) is 38.5. The van der Waals surface area contributed by atoms with Crippen molar-refractivity contribution in [1.29, 1.82) is 0 Å². The van der Waals surface area contributed by atoms with Crippen LogP contribution in [0.15, 0.2) is 48.5 Å². The Hall–Kier alpha value is -5.15. The number of piperazine rings is 1. The van der Waals surface area contributed by atoms with Crippen LogP contribution in [0.2, 0.25) is 0 Å². The van der Waals surface area contributed by atoms with Crippen LogP contribution in [0.4, 0.5) is 21.6 Å². The van der Waals surface area contributed by atoms with Gasteiger partial charge in [0.1, 0.15) is 18.0 Å². The number of para-hydroxylation sites is 1. The summed E-state index contributed by atoms with van der Waals surface area (Å²) in [4.78, 5) is 61.0. The largest absolute Gasteiger partial charge is 0.507 e. The highest BCUT2D eigenvalue weighted by molar-refractivity contribution is 6.23. The summed E-state index contributed by atoms with van der Waals surface area (Å²) >= 11 is 0. The number of halogens is 1. The number of alkyl halides is 1. The first-order valence-electron chi connectivity index (χ1n) is 19.9. The Bertz CT molecular complexity index is 2150. The van der Waals surface area contributed by atoms with E-state index in [0.717, 1.165) is 68.8 Å². The molecule has 7 heterocycles. The molecule has 10 rings (SSSR count). The number of carbonyl (C=O) groups is 4. The van der Waals surface area contributed by atoms with Gasteiger partial charge < -0.3 is 25.1 Å².